The van der Waals surface area contributed by atoms with Crippen molar-refractivity contribution >= 4 is 11.8 Å². The molecule has 1 atom stereocenters. The van der Waals surface area contributed by atoms with E-state index in [1.165, 1.54) is 69.5 Å². The zero-order chi connectivity index (χ0) is 14.4. The number of nitrogens with zero attached hydrogens (tertiary/aromatic N) is 1. The first-order valence-electron chi connectivity index (χ1n) is 8.61. The highest BCUT2D eigenvalue weighted by Crippen LogP contribution is 2.34. The van der Waals surface area contributed by atoms with Crippen LogP contribution < -0.4 is 5.32 Å². The molecule has 2 fully saturated rings. The van der Waals surface area contributed by atoms with Gasteiger partial charge in [0.15, 0.2) is 0 Å². The van der Waals surface area contributed by atoms with Gasteiger partial charge in [-0.25, -0.2) is 0 Å². The summed E-state index contributed by atoms with van der Waals surface area (Å²) in [6, 6.07) is 1.58. The standard InChI is InChI=1S/C17H34N2S/c1-17(2)10-13-20-14-16(17)18-11-7-12-19(3)15-8-5-4-6-9-15/h15-16,18H,4-14H2,1-3H3. The van der Waals surface area contributed by atoms with Gasteiger partial charge in [-0.15, -0.1) is 0 Å². The van der Waals surface area contributed by atoms with Gasteiger partial charge in [0.1, 0.15) is 0 Å². The minimum Gasteiger partial charge on any atom is -0.313 e. The van der Waals surface area contributed by atoms with Crippen LogP contribution in [0.4, 0.5) is 0 Å². The van der Waals surface area contributed by atoms with Crippen molar-refractivity contribution < 1.29 is 0 Å². The van der Waals surface area contributed by atoms with E-state index < -0.39 is 0 Å². The third-order valence-corrected chi connectivity index (χ3v) is 6.46. The third kappa shape index (κ3) is 4.92. The summed E-state index contributed by atoms with van der Waals surface area (Å²) in [6.45, 7) is 7.31. The van der Waals surface area contributed by atoms with Crippen LogP contribution in [0.1, 0.15) is 58.8 Å². The lowest BCUT2D eigenvalue weighted by Crippen LogP contribution is -2.47. The van der Waals surface area contributed by atoms with Crippen LogP contribution in [-0.4, -0.2) is 48.6 Å². The Morgan fingerprint density at radius 3 is 2.65 bits per heavy atom. The van der Waals surface area contributed by atoms with Crippen molar-refractivity contribution in [1.82, 2.24) is 10.2 Å². The summed E-state index contributed by atoms with van der Waals surface area (Å²) in [4.78, 5) is 2.61. The van der Waals surface area contributed by atoms with Crippen molar-refractivity contribution in [3.63, 3.8) is 0 Å². The van der Waals surface area contributed by atoms with Crippen molar-refractivity contribution in [3.05, 3.63) is 0 Å². The SMILES string of the molecule is CN(CCCNC1CSCCC1(C)C)C1CCCCC1. The van der Waals surface area contributed by atoms with E-state index >= 15 is 0 Å². The highest BCUT2D eigenvalue weighted by molar-refractivity contribution is 7.99. The van der Waals surface area contributed by atoms with Gasteiger partial charge in [0.05, 0.1) is 0 Å². The Morgan fingerprint density at radius 1 is 1.20 bits per heavy atom. The summed E-state index contributed by atoms with van der Waals surface area (Å²) >= 11 is 2.12. The molecule has 1 aliphatic heterocycles. The molecule has 0 bridgehead atoms. The zero-order valence-electron chi connectivity index (χ0n) is 13.8. The van der Waals surface area contributed by atoms with Crippen molar-refractivity contribution in [2.75, 3.05) is 31.6 Å². The molecule has 118 valence electrons. The molecule has 0 aromatic heterocycles. The van der Waals surface area contributed by atoms with E-state index in [-0.39, 0.29) is 0 Å². The van der Waals surface area contributed by atoms with Gasteiger partial charge in [-0.3, -0.25) is 0 Å². The van der Waals surface area contributed by atoms with Crippen molar-refractivity contribution in [2.45, 2.75) is 70.9 Å². The normalized spacial score (nSPS) is 27.9. The molecule has 0 aromatic carbocycles. The number of hydrogen-bond acceptors (Lipinski definition) is 3. The smallest absolute Gasteiger partial charge is 0.0209 e. The minimum absolute atomic E-state index is 0.487. The molecular formula is C17H34N2S. The quantitative estimate of drug-likeness (QED) is 0.752. The van der Waals surface area contributed by atoms with E-state index in [0.29, 0.717) is 11.5 Å². The van der Waals surface area contributed by atoms with Crippen LogP contribution in [-0.2, 0) is 0 Å². The summed E-state index contributed by atoms with van der Waals surface area (Å²) < 4.78 is 0. The van der Waals surface area contributed by atoms with E-state index in [2.05, 4.69) is 42.9 Å². The second-order valence-electron chi connectivity index (χ2n) is 7.45. The van der Waals surface area contributed by atoms with Crippen LogP contribution in [0, 0.1) is 5.41 Å². The Labute approximate surface area is 130 Å². The Bertz CT molecular complexity index is 274. The molecular weight excluding hydrogens is 264 g/mol. The summed E-state index contributed by atoms with van der Waals surface area (Å²) in [5, 5.41) is 3.82. The van der Waals surface area contributed by atoms with Gasteiger partial charge in [-0.2, -0.15) is 11.8 Å². The van der Waals surface area contributed by atoms with Crippen LogP contribution in [0.25, 0.3) is 0 Å². The molecule has 0 radical (unpaired) electrons. The largest absolute Gasteiger partial charge is 0.313 e. The molecule has 0 spiro atoms. The van der Waals surface area contributed by atoms with Gasteiger partial charge in [0.25, 0.3) is 0 Å². The fraction of sp³-hybridized carbons (Fsp3) is 1.00. The lowest BCUT2D eigenvalue weighted by Gasteiger charge is -2.39. The Hall–Kier alpha value is 0.270. The Balaban J connectivity index is 1.60. The minimum atomic E-state index is 0.487. The number of nitrogens with one attached hydrogen (secondary N) is 1. The van der Waals surface area contributed by atoms with Gasteiger partial charge in [-0.1, -0.05) is 33.1 Å². The predicted octanol–water partition coefficient (Wildman–Crippen LogP) is 3.76. The second-order valence-corrected chi connectivity index (χ2v) is 8.60. The Morgan fingerprint density at radius 2 is 1.95 bits per heavy atom. The molecule has 20 heavy (non-hydrogen) atoms. The summed E-state index contributed by atoms with van der Waals surface area (Å²) in [7, 11) is 2.33. The molecule has 0 amide bonds. The average Bonchev–Trinajstić information content (AvgIpc) is 2.45. The molecule has 1 unspecified atom stereocenters. The topological polar surface area (TPSA) is 15.3 Å². The summed E-state index contributed by atoms with van der Waals surface area (Å²) in [5.41, 5.74) is 0.487. The molecule has 0 aromatic rings. The maximum atomic E-state index is 3.82. The van der Waals surface area contributed by atoms with Gasteiger partial charge in [0, 0.05) is 17.8 Å². The van der Waals surface area contributed by atoms with Gasteiger partial charge in [0.2, 0.25) is 0 Å². The predicted molar refractivity (Wildman–Crippen MR) is 91.6 cm³/mol. The second kappa shape index (κ2) is 8.05. The maximum absolute atomic E-state index is 3.82. The van der Waals surface area contributed by atoms with E-state index in [4.69, 9.17) is 0 Å². The number of rotatable bonds is 6. The molecule has 1 N–H and O–H groups in total. The first-order chi connectivity index (χ1) is 9.59. The molecule has 2 nitrogen and oxygen atoms in total. The van der Waals surface area contributed by atoms with Gasteiger partial charge in [-0.05, 0) is 57.0 Å². The van der Waals surface area contributed by atoms with E-state index in [9.17, 15) is 0 Å². The first kappa shape index (κ1) is 16.6. The van der Waals surface area contributed by atoms with Crippen molar-refractivity contribution in [3.8, 4) is 0 Å². The van der Waals surface area contributed by atoms with Gasteiger partial charge >= 0.3 is 0 Å². The van der Waals surface area contributed by atoms with Crippen LogP contribution >= 0.6 is 11.8 Å². The van der Waals surface area contributed by atoms with Crippen LogP contribution in [0.2, 0.25) is 0 Å². The summed E-state index contributed by atoms with van der Waals surface area (Å²) in [5.74, 6) is 2.64. The van der Waals surface area contributed by atoms with E-state index in [1.54, 1.807) is 0 Å². The lowest BCUT2D eigenvalue weighted by molar-refractivity contribution is 0.185. The molecule has 1 aliphatic carbocycles. The molecule has 2 rings (SSSR count). The highest BCUT2D eigenvalue weighted by atomic mass is 32.2. The molecule has 1 heterocycles. The molecule has 2 aliphatic rings. The zero-order valence-corrected chi connectivity index (χ0v) is 14.6. The third-order valence-electron chi connectivity index (χ3n) is 5.39. The first-order valence-corrected chi connectivity index (χ1v) is 9.76. The van der Waals surface area contributed by atoms with Crippen LogP contribution in [0.15, 0.2) is 0 Å². The molecule has 3 heteroatoms. The average molecular weight is 299 g/mol. The number of thioether (sulfide) groups is 1. The lowest BCUT2D eigenvalue weighted by atomic mass is 9.82. The van der Waals surface area contributed by atoms with Crippen molar-refractivity contribution in [2.24, 2.45) is 5.41 Å². The van der Waals surface area contributed by atoms with E-state index in [1.807, 2.05) is 0 Å². The molecule has 1 saturated heterocycles. The molecule has 1 saturated carbocycles. The van der Waals surface area contributed by atoms with Crippen LogP contribution in [0.5, 0.6) is 0 Å². The monoisotopic (exact) mass is 298 g/mol. The van der Waals surface area contributed by atoms with Crippen LogP contribution in [0.3, 0.4) is 0 Å². The number of hydrogen-bond donors (Lipinski definition) is 1. The maximum Gasteiger partial charge on any atom is 0.0209 e. The fourth-order valence-corrected chi connectivity index (χ4v) is 5.22. The van der Waals surface area contributed by atoms with Crippen molar-refractivity contribution in [1.29, 1.82) is 0 Å². The van der Waals surface area contributed by atoms with E-state index in [0.717, 1.165) is 6.04 Å². The highest BCUT2D eigenvalue weighted by Gasteiger charge is 2.31. The van der Waals surface area contributed by atoms with Gasteiger partial charge < -0.3 is 10.2 Å². The fourth-order valence-electron chi connectivity index (χ4n) is 3.58. The summed E-state index contributed by atoms with van der Waals surface area (Å²) in [6.07, 6.45) is 9.86. The Kier molecular flexibility index (Phi) is 6.70.